The number of aryl methyl sites for hydroxylation is 2. The van der Waals surface area contributed by atoms with E-state index in [1.807, 2.05) is 6.92 Å². The molecule has 1 nitrogen and oxygen atoms in total. The van der Waals surface area contributed by atoms with E-state index in [1.54, 1.807) is 0 Å². The molecule has 1 heteroatoms. The van der Waals surface area contributed by atoms with Crippen LogP contribution in [0.4, 0.5) is 5.69 Å². The molecule has 60 valence electrons. The maximum Gasteiger partial charge on any atom is 0.0376 e. The topological polar surface area (TPSA) is 26.0 Å². The van der Waals surface area contributed by atoms with Crippen LogP contribution in [0, 0.1) is 13.8 Å². The molecule has 2 N–H and O–H groups in total. The van der Waals surface area contributed by atoms with Crippen LogP contribution in [0.25, 0.3) is 0 Å². The van der Waals surface area contributed by atoms with Crippen LogP contribution >= 0.6 is 0 Å². The van der Waals surface area contributed by atoms with Gasteiger partial charge in [-0.05, 0) is 37.0 Å². The molecular weight excluding hydrogens is 134 g/mol. The molecule has 0 radical (unpaired) electrons. The second-order valence-electron chi connectivity index (χ2n) is 2.93. The van der Waals surface area contributed by atoms with Crippen molar-refractivity contribution >= 4 is 5.69 Å². The van der Waals surface area contributed by atoms with Crippen LogP contribution in [0.1, 0.15) is 23.6 Å². The summed E-state index contributed by atoms with van der Waals surface area (Å²) in [7, 11) is 0. The predicted octanol–water partition coefficient (Wildman–Crippen LogP) is 2.45. The summed E-state index contributed by atoms with van der Waals surface area (Å²) < 4.78 is 0. The predicted molar refractivity (Wildman–Crippen MR) is 49.7 cm³/mol. The largest absolute Gasteiger partial charge is 0.398 e. The fourth-order valence-electron chi connectivity index (χ4n) is 1.29. The fourth-order valence-corrected chi connectivity index (χ4v) is 1.29. The van der Waals surface area contributed by atoms with Crippen molar-refractivity contribution in [1.29, 1.82) is 0 Å². The highest BCUT2D eigenvalue weighted by Gasteiger charge is 2.01. The first-order valence-electron chi connectivity index (χ1n) is 4.01. The number of hydrogen-bond donors (Lipinski definition) is 1. The Morgan fingerprint density at radius 2 is 1.91 bits per heavy atom. The fraction of sp³-hybridized carbons (Fsp3) is 0.400. The van der Waals surface area contributed by atoms with Gasteiger partial charge in [0.2, 0.25) is 0 Å². The number of nitrogens with two attached hydrogens (primary N) is 1. The van der Waals surface area contributed by atoms with E-state index in [4.69, 9.17) is 5.73 Å². The molecule has 0 unspecified atom stereocenters. The van der Waals surface area contributed by atoms with Gasteiger partial charge in [-0.25, -0.2) is 0 Å². The highest BCUT2D eigenvalue weighted by Crippen LogP contribution is 2.20. The van der Waals surface area contributed by atoms with Gasteiger partial charge in [0.15, 0.2) is 0 Å². The Balaban J connectivity index is 3.25. The molecule has 0 aliphatic carbocycles. The van der Waals surface area contributed by atoms with Gasteiger partial charge in [-0.1, -0.05) is 19.1 Å². The molecule has 1 aromatic rings. The molecule has 0 aliphatic rings. The Hall–Kier alpha value is -0.980. The van der Waals surface area contributed by atoms with Crippen LogP contribution in [-0.2, 0) is 6.42 Å². The third-order valence-corrected chi connectivity index (χ3v) is 2.23. The SMILES string of the molecule is CCc1ccc(C)c(N)c1C. The highest BCUT2D eigenvalue weighted by molar-refractivity contribution is 5.55. The van der Waals surface area contributed by atoms with E-state index in [9.17, 15) is 0 Å². The molecule has 1 aromatic carbocycles. The van der Waals surface area contributed by atoms with E-state index >= 15 is 0 Å². The van der Waals surface area contributed by atoms with Crippen LogP contribution in [0.2, 0.25) is 0 Å². The van der Waals surface area contributed by atoms with Gasteiger partial charge in [-0.3, -0.25) is 0 Å². The zero-order chi connectivity index (χ0) is 8.43. The Morgan fingerprint density at radius 3 is 2.45 bits per heavy atom. The van der Waals surface area contributed by atoms with Crippen LogP contribution in [0.5, 0.6) is 0 Å². The van der Waals surface area contributed by atoms with Gasteiger partial charge in [0.1, 0.15) is 0 Å². The number of hydrogen-bond acceptors (Lipinski definition) is 1. The first kappa shape index (κ1) is 8.12. The van der Waals surface area contributed by atoms with Crippen molar-refractivity contribution in [2.45, 2.75) is 27.2 Å². The molecular formula is C10H15N. The van der Waals surface area contributed by atoms with Gasteiger partial charge in [0.05, 0.1) is 0 Å². The third-order valence-electron chi connectivity index (χ3n) is 2.23. The Morgan fingerprint density at radius 1 is 1.27 bits per heavy atom. The molecule has 0 aliphatic heterocycles. The van der Waals surface area contributed by atoms with Crippen molar-refractivity contribution in [2.24, 2.45) is 0 Å². The maximum absolute atomic E-state index is 5.86. The van der Waals surface area contributed by atoms with E-state index in [0.717, 1.165) is 12.1 Å². The van der Waals surface area contributed by atoms with Crippen molar-refractivity contribution in [3.63, 3.8) is 0 Å². The van der Waals surface area contributed by atoms with E-state index < -0.39 is 0 Å². The first-order chi connectivity index (χ1) is 5.16. The number of benzene rings is 1. The average molecular weight is 149 g/mol. The molecule has 0 atom stereocenters. The van der Waals surface area contributed by atoms with E-state index in [2.05, 4.69) is 26.0 Å². The van der Waals surface area contributed by atoms with Crippen LogP contribution in [-0.4, -0.2) is 0 Å². The number of rotatable bonds is 1. The van der Waals surface area contributed by atoms with E-state index in [1.165, 1.54) is 16.7 Å². The summed E-state index contributed by atoms with van der Waals surface area (Å²) >= 11 is 0. The molecule has 0 fully saturated rings. The molecule has 0 saturated carbocycles. The van der Waals surface area contributed by atoms with E-state index in [0.29, 0.717) is 0 Å². The van der Waals surface area contributed by atoms with Crippen LogP contribution in [0.15, 0.2) is 12.1 Å². The minimum absolute atomic E-state index is 0.948. The van der Waals surface area contributed by atoms with Gasteiger partial charge in [0.25, 0.3) is 0 Å². The Labute approximate surface area is 68.2 Å². The molecule has 0 aromatic heterocycles. The number of anilines is 1. The van der Waals surface area contributed by atoms with Gasteiger partial charge in [-0.2, -0.15) is 0 Å². The van der Waals surface area contributed by atoms with E-state index in [-0.39, 0.29) is 0 Å². The zero-order valence-electron chi connectivity index (χ0n) is 7.44. The first-order valence-corrected chi connectivity index (χ1v) is 4.01. The summed E-state index contributed by atoms with van der Waals surface area (Å²) in [4.78, 5) is 0. The standard InChI is InChI=1S/C10H15N/c1-4-9-6-5-7(2)10(11)8(9)3/h5-6H,4,11H2,1-3H3. The van der Waals surface area contributed by atoms with Crippen molar-refractivity contribution in [3.05, 3.63) is 28.8 Å². The minimum atomic E-state index is 0.948. The van der Waals surface area contributed by atoms with Gasteiger partial charge in [0, 0.05) is 5.69 Å². The zero-order valence-corrected chi connectivity index (χ0v) is 7.44. The molecule has 0 spiro atoms. The molecule has 0 bridgehead atoms. The lowest BCUT2D eigenvalue weighted by molar-refractivity contribution is 1.11. The summed E-state index contributed by atoms with van der Waals surface area (Å²) in [6.45, 7) is 6.28. The third kappa shape index (κ3) is 1.37. The van der Waals surface area contributed by atoms with Gasteiger partial charge in [-0.15, -0.1) is 0 Å². The van der Waals surface area contributed by atoms with Gasteiger partial charge < -0.3 is 5.73 Å². The van der Waals surface area contributed by atoms with Crippen LogP contribution < -0.4 is 5.73 Å². The lowest BCUT2D eigenvalue weighted by Gasteiger charge is -2.08. The Bertz CT molecular complexity index is 264. The van der Waals surface area contributed by atoms with Crippen molar-refractivity contribution < 1.29 is 0 Å². The second-order valence-corrected chi connectivity index (χ2v) is 2.93. The van der Waals surface area contributed by atoms with Crippen molar-refractivity contribution in [3.8, 4) is 0 Å². The Kier molecular flexibility index (Phi) is 2.18. The molecule has 0 saturated heterocycles. The highest BCUT2D eigenvalue weighted by atomic mass is 14.6. The maximum atomic E-state index is 5.86. The summed E-state index contributed by atoms with van der Waals surface area (Å²) in [5.74, 6) is 0. The second kappa shape index (κ2) is 2.95. The monoisotopic (exact) mass is 149 g/mol. The van der Waals surface area contributed by atoms with Crippen molar-refractivity contribution in [1.82, 2.24) is 0 Å². The number of nitrogen functional groups attached to an aromatic ring is 1. The summed E-state index contributed by atoms with van der Waals surface area (Å²) in [6.07, 6.45) is 1.07. The molecule has 0 heterocycles. The minimum Gasteiger partial charge on any atom is -0.398 e. The summed E-state index contributed by atoms with van der Waals surface area (Å²) in [5, 5.41) is 0. The molecule has 0 amide bonds. The smallest absolute Gasteiger partial charge is 0.0376 e. The summed E-state index contributed by atoms with van der Waals surface area (Å²) in [5.41, 5.74) is 10.6. The molecule has 1 rings (SSSR count). The lowest BCUT2D eigenvalue weighted by atomic mass is 10.0. The average Bonchev–Trinajstić information content (AvgIpc) is 2.01. The quantitative estimate of drug-likeness (QED) is 0.610. The normalized spacial score (nSPS) is 10.1. The lowest BCUT2D eigenvalue weighted by Crippen LogP contribution is -1.97. The van der Waals surface area contributed by atoms with Crippen LogP contribution in [0.3, 0.4) is 0 Å². The van der Waals surface area contributed by atoms with Crippen molar-refractivity contribution in [2.75, 3.05) is 5.73 Å². The molecule has 11 heavy (non-hydrogen) atoms. The summed E-state index contributed by atoms with van der Waals surface area (Å²) in [6, 6.07) is 4.24. The van der Waals surface area contributed by atoms with Gasteiger partial charge >= 0.3 is 0 Å².